The van der Waals surface area contributed by atoms with Crippen molar-refractivity contribution in [2.45, 2.75) is 50.6 Å². The number of hydrogen-bond acceptors (Lipinski definition) is 5. The molecule has 1 saturated heterocycles. The largest absolute Gasteiger partial charge is 0.349 e. The Kier molecular flexibility index (Phi) is 6.95. The molecule has 7 heteroatoms. The molecule has 0 spiro atoms. The third kappa shape index (κ3) is 5.40. The highest BCUT2D eigenvalue weighted by atomic mass is 16.3. The molecule has 32 heavy (non-hydrogen) atoms. The van der Waals surface area contributed by atoms with Crippen molar-refractivity contribution >= 4 is 17.5 Å². The standard InChI is InChI=1S/C25H30N4O3/c1-17-11-20(13-21(12-17)28-32)25(31)26-14-24(30)27-22-15-29(16-22)23-9-7-19(8-10-23)18-5-3-2-4-6-18/h2-6,11-13,19,22-23H,7-10,14-16H2,1H3,(H,26,31)(H,27,30). The molecule has 0 bridgehead atoms. The molecule has 168 valence electrons. The zero-order chi connectivity index (χ0) is 22.5. The first-order valence-corrected chi connectivity index (χ1v) is 11.3. The topological polar surface area (TPSA) is 90.9 Å². The number of carbonyl (C=O) groups excluding carboxylic acids is 2. The molecule has 2 aliphatic rings. The number of amides is 2. The fraction of sp³-hybridized carbons (Fsp3) is 0.440. The van der Waals surface area contributed by atoms with E-state index in [-0.39, 0.29) is 30.1 Å². The Morgan fingerprint density at radius 1 is 1.03 bits per heavy atom. The number of nitrogens with one attached hydrogen (secondary N) is 2. The van der Waals surface area contributed by atoms with E-state index in [1.807, 2.05) is 0 Å². The van der Waals surface area contributed by atoms with Crippen LogP contribution in [0.5, 0.6) is 0 Å². The van der Waals surface area contributed by atoms with Gasteiger partial charge in [0, 0.05) is 24.7 Å². The maximum absolute atomic E-state index is 12.3. The van der Waals surface area contributed by atoms with Crippen LogP contribution in [0.1, 0.15) is 53.1 Å². The number of aryl methyl sites for hydroxylation is 1. The molecule has 0 atom stereocenters. The minimum absolute atomic E-state index is 0.0880. The molecule has 2 amide bonds. The highest BCUT2D eigenvalue weighted by Crippen LogP contribution is 2.35. The van der Waals surface area contributed by atoms with Crippen LogP contribution in [0.2, 0.25) is 0 Å². The van der Waals surface area contributed by atoms with Crippen molar-refractivity contribution in [2.24, 2.45) is 5.18 Å². The van der Waals surface area contributed by atoms with Gasteiger partial charge in [-0.25, -0.2) is 0 Å². The van der Waals surface area contributed by atoms with Crippen molar-refractivity contribution in [1.29, 1.82) is 0 Å². The van der Waals surface area contributed by atoms with Crippen LogP contribution < -0.4 is 10.6 Å². The number of hydrogen-bond donors (Lipinski definition) is 2. The van der Waals surface area contributed by atoms with Gasteiger partial charge in [0.1, 0.15) is 5.69 Å². The van der Waals surface area contributed by atoms with E-state index in [0.717, 1.165) is 18.7 Å². The normalized spacial score (nSPS) is 21.4. The molecule has 1 aliphatic carbocycles. The molecule has 2 N–H and O–H groups in total. The molecule has 4 rings (SSSR count). The van der Waals surface area contributed by atoms with Crippen molar-refractivity contribution in [1.82, 2.24) is 15.5 Å². The number of nitroso groups, excluding NO2 is 1. The first kappa shape index (κ1) is 22.1. The minimum Gasteiger partial charge on any atom is -0.349 e. The van der Waals surface area contributed by atoms with Gasteiger partial charge in [0.05, 0.1) is 12.6 Å². The summed E-state index contributed by atoms with van der Waals surface area (Å²) in [5.74, 6) is 0.0796. The lowest BCUT2D eigenvalue weighted by Gasteiger charge is -2.46. The summed E-state index contributed by atoms with van der Waals surface area (Å²) in [5.41, 5.74) is 2.75. The highest BCUT2D eigenvalue weighted by Gasteiger charge is 2.35. The quantitative estimate of drug-likeness (QED) is 0.651. The monoisotopic (exact) mass is 434 g/mol. The lowest BCUT2D eigenvalue weighted by atomic mass is 9.80. The van der Waals surface area contributed by atoms with Crippen LogP contribution in [0.4, 0.5) is 5.69 Å². The average Bonchev–Trinajstić information content (AvgIpc) is 2.80. The zero-order valence-corrected chi connectivity index (χ0v) is 18.4. The second kappa shape index (κ2) is 10.0. The van der Waals surface area contributed by atoms with Crippen LogP contribution in [0, 0.1) is 11.8 Å². The Morgan fingerprint density at radius 2 is 1.75 bits per heavy atom. The summed E-state index contributed by atoms with van der Waals surface area (Å²) in [6.45, 7) is 3.43. The second-order valence-corrected chi connectivity index (χ2v) is 8.97. The Labute approximate surface area is 188 Å². The van der Waals surface area contributed by atoms with Gasteiger partial charge >= 0.3 is 0 Å². The molecular formula is C25H30N4O3. The Bertz CT molecular complexity index is 964. The molecule has 2 aromatic rings. The van der Waals surface area contributed by atoms with Crippen LogP contribution in [0.25, 0.3) is 0 Å². The number of carbonyl (C=O) groups is 2. The maximum atomic E-state index is 12.3. The second-order valence-electron chi connectivity index (χ2n) is 8.97. The van der Waals surface area contributed by atoms with E-state index in [4.69, 9.17) is 0 Å². The van der Waals surface area contributed by atoms with Gasteiger partial charge in [-0.3, -0.25) is 14.5 Å². The molecule has 1 aliphatic heterocycles. The summed E-state index contributed by atoms with van der Waals surface area (Å²) in [7, 11) is 0. The van der Waals surface area contributed by atoms with Crippen molar-refractivity contribution in [3.05, 3.63) is 70.1 Å². The average molecular weight is 435 g/mol. The lowest BCUT2D eigenvalue weighted by Crippen LogP contribution is -2.63. The summed E-state index contributed by atoms with van der Waals surface area (Å²) in [6, 6.07) is 16.2. The summed E-state index contributed by atoms with van der Waals surface area (Å²) < 4.78 is 0. The van der Waals surface area contributed by atoms with E-state index in [9.17, 15) is 14.5 Å². The Balaban J connectivity index is 1.16. The highest BCUT2D eigenvalue weighted by molar-refractivity contribution is 5.97. The molecule has 0 radical (unpaired) electrons. The summed E-state index contributed by atoms with van der Waals surface area (Å²) >= 11 is 0. The number of nitrogens with zero attached hydrogens (tertiary/aromatic N) is 2. The van der Waals surface area contributed by atoms with E-state index >= 15 is 0 Å². The van der Waals surface area contributed by atoms with Crippen molar-refractivity contribution in [2.75, 3.05) is 19.6 Å². The van der Waals surface area contributed by atoms with Crippen LogP contribution >= 0.6 is 0 Å². The third-order valence-electron chi connectivity index (χ3n) is 6.60. The van der Waals surface area contributed by atoms with Crippen LogP contribution in [0.15, 0.2) is 53.7 Å². The van der Waals surface area contributed by atoms with Gasteiger partial charge in [0.25, 0.3) is 5.91 Å². The molecule has 0 aromatic heterocycles. The van der Waals surface area contributed by atoms with Gasteiger partial charge in [-0.1, -0.05) is 30.3 Å². The minimum atomic E-state index is -0.390. The number of likely N-dealkylation sites (tertiary alicyclic amines) is 1. The molecular weight excluding hydrogens is 404 g/mol. The number of rotatable bonds is 7. The first-order chi connectivity index (χ1) is 15.5. The summed E-state index contributed by atoms with van der Waals surface area (Å²) in [6.07, 6.45) is 4.83. The van der Waals surface area contributed by atoms with Gasteiger partial charge < -0.3 is 10.6 Å². The smallest absolute Gasteiger partial charge is 0.251 e. The molecule has 7 nitrogen and oxygen atoms in total. The lowest BCUT2D eigenvalue weighted by molar-refractivity contribution is -0.122. The first-order valence-electron chi connectivity index (χ1n) is 11.3. The predicted octanol–water partition coefficient (Wildman–Crippen LogP) is 3.65. The van der Waals surface area contributed by atoms with Gasteiger partial charge in [-0.2, -0.15) is 0 Å². The van der Waals surface area contributed by atoms with Gasteiger partial charge in [0.15, 0.2) is 0 Å². The summed E-state index contributed by atoms with van der Waals surface area (Å²) in [4.78, 5) is 37.7. The molecule has 2 aromatic carbocycles. The number of benzene rings is 2. The van der Waals surface area contributed by atoms with Gasteiger partial charge in [0.2, 0.25) is 5.91 Å². The summed E-state index contributed by atoms with van der Waals surface area (Å²) in [5, 5.41) is 8.49. The van der Waals surface area contributed by atoms with E-state index in [2.05, 4.69) is 51.0 Å². The Morgan fingerprint density at radius 3 is 2.44 bits per heavy atom. The van der Waals surface area contributed by atoms with Crippen LogP contribution in [-0.2, 0) is 4.79 Å². The van der Waals surface area contributed by atoms with Crippen molar-refractivity contribution < 1.29 is 9.59 Å². The predicted molar refractivity (Wildman–Crippen MR) is 124 cm³/mol. The molecule has 0 unspecified atom stereocenters. The Hall–Kier alpha value is -3.06. The fourth-order valence-electron chi connectivity index (χ4n) is 4.89. The molecule has 2 fully saturated rings. The van der Waals surface area contributed by atoms with Crippen LogP contribution in [-0.4, -0.2) is 48.4 Å². The van der Waals surface area contributed by atoms with Crippen LogP contribution in [0.3, 0.4) is 0 Å². The maximum Gasteiger partial charge on any atom is 0.251 e. The molecule has 1 saturated carbocycles. The van der Waals surface area contributed by atoms with Crippen molar-refractivity contribution in [3.8, 4) is 0 Å². The SMILES string of the molecule is Cc1cc(N=O)cc(C(=O)NCC(=O)NC2CN(C3CCC(c4ccccc4)CC3)C2)c1. The van der Waals surface area contributed by atoms with Gasteiger partial charge in [-0.15, -0.1) is 4.91 Å². The van der Waals surface area contributed by atoms with E-state index in [0.29, 0.717) is 17.5 Å². The van der Waals surface area contributed by atoms with E-state index in [1.165, 1.54) is 37.3 Å². The zero-order valence-electron chi connectivity index (χ0n) is 18.4. The molecule has 1 heterocycles. The van der Waals surface area contributed by atoms with E-state index < -0.39 is 0 Å². The van der Waals surface area contributed by atoms with Crippen molar-refractivity contribution in [3.63, 3.8) is 0 Å². The third-order valence-corrected chi connectivity index (χ3v) is 6.60. The van der Waals surface area contributed by atoms with E-state index in [1.54, 1.807) is 19.1 Å². The van der Waals surface area contributed by atoms with Gasteiger partial charge in [-0.05, 0) is 73.0 Å². The fourth-order valence-corrected chi connectivity index (χ4v) is 4.89.